The quantitative estimate of drug-likeness (QED) is 0.765. The molecule has 7 heteroatoms. The Labute approximate surface area is 155 Å². The van der Waals surface area contributed by atoms with Crippen molar-refractivity contribution in [1.82, 2.24) is 5.32 Å². The molecule has 136 valence electrons. The van der Waals surface area contributed by atoms with Crippen LogP contribution in [0.4, 0.5) is 5.69 Å². The van der Waals surface area contributed by atoms with E-state index in [2.05, 4.69) is 10.6 Å². The van der Waals surface area contributed by atoms with Gasteiger partial charge in [-0.05, 0) is 43.2 Å². The number of rotatable bonds is 6. The van der Waals surface area contributed by atoms with Crippen LogP contribution in [-0.4, -0.2) is 30.4 Å². The molecule has 0 spiro atoms. The molecule has 2 N–H and O–H groups in total. The summed E-state index contributed by atoms with van der Waals surface area (Å²) in [4.78, 5) is 36.3. The van der Waals surface area contributed by atoms with Gasteiger partial charge in [0.2, 0.25) is 0 Å². The number of carbonyl (C=O) groups excluding carboxylic acids is 3. The van der Waals surface area contributed by atoms with Crippen molar-refractivity contribution in [2.45, 2.75) is 18.9 Å². The maximum atomic E-state index is 12.2. The van der Waals surface area contributed by atoms with Gasteiger partial charge in [-0.15, -0.1) is 0 Å². The predicted molar refractivity (Wildman–Crippen MR) is 97.0 cm³/mol. The lowest BCUT2D eigenvalue weighted by atomic mass is 10.1. The van der Waals surface area contributed by atoms with E-state index < -0.39 is 18.5 Å². The van der Waals surface area contributed by atoms with E-state index in [-0.39, 0.29) is 17.5 Å². The van der Waals surface area contributed by atoms with Crippen molar-refractivity contribution in [2.75, 3.05) is 11.9 Å². The number of benzene rings is 2. The van der Waals surface area contributed by atoms with Crippen LogP contribution in [0, 0.1) is 11.3 Å². The normalized spacial score (nSPS) is 12.6. The van der Waals surface area contributed by atoms with E-state index in [1.165, 1.54) is 12.1 Å². The first-order valence-electron chi connectivity index (χ1n) is 8.44. The lowest BCUT2D eigenvalue weighted by Gasteiger charge is -2.11. The summed E-state index contributed by atoms with van der Waals surface area (Å²) in [5.74, 6) is -1.52. The van der Waals surface area contributed by atoms with Gasteiger partial charge in [0.15, 0.2) is 6.61 Å². The number of ether oxygens (including phenoxy) is 1. The monoisotopic (exact) mass is 363 g/mol. The number of carbonyl (C=O) groups is 3. The predicted octanol–water partition coefficient (Wildman–Crippen LogP) is 2.25. The smallest absolute Gasteiger partial charge is 0.338 e. The second kappa shape index (κ2) is 8.15. The maximum absolute atomic E-state index is 12.2. The summed E-state index contributed by atoms with van der Waals surface area (Å²) in [6.07, 6.45) is 1.92. The molecule has 0 atom stereocenters. The number of esters is 1. The lowest BCUT2D eigenvalue weighted by Crippen LogP contribution is -2.28. The molecule has 1 fully saturated rings. The standard InChI is InChI=1S/C20H17N3O4/c21-11-13-4-3-5-14(10-13)20(26)27-12-18(24)23-17-7-2-1-6-16(17)19(25)22-15-8-9-15/h1-7,10,15H,8-9,12H2,(H,22,25)(H,23,24). The van der Waals surface area contributed by atoms with Gasteiger partial charge in [0.05, 0.1) is 28.4 Å². The van der Waals surface area contributed by atoms with E-state index >= 15 is 0 Å². The number of nitrogens with zero attached hydrogens (tertiary/aromatic N) is 1. The van der Waals surface area contributed by atoms with Crippen molar-refractivity contribution < 1.29 is 19.1 Å². The molecule has 1 saturated carbocycles. The Kier molecular flexibility index (Phi) is 5.47. The summed E-state index contributed by atoms with van der Waals surface area (Å²) in [7, 11) is 0. The van der Waals surface area contributed by atoms with Crippen LogP contribution in [0.15, 0.2) is 48.5 Å². The molecular formula is C20H17N3O4. The van der Waals surface area contributed by atoms with Crippen molar-refractivity contribution in [3.05, 3.63) is 65.2 Å². The van der Waals surface area contributed by atoms with Gasteiger partial charge in [0.25, 0.3) is 11.8 Å². The van der Waals surface area contributed by atoms with Crippen LogP contribution in [0.3, 0.4) is 0 Å². The zero-order chi connectivity index (χ0) is 19.2. The van der Waals surface area contributed by atoms with Gasteiger partial charge in [-0.3, -0.25) is 9.59 Å². The molecule has 7 nitrogen and oxygen atoms in total. The van der Waals surface area contributed by atoms with Crippen LogP contribution >= 0.6 is 0 Å². The minimum atomic E-state index is -0.706. The van der Waals surface area contributed by atoms with Crippen LogP contribution in [0.2, 0.25) is 0 Å². The van der Waals surface area contributed by atoms with Crippen molar-refractivity contribution in [1.29, 1.82) is 5.26 Å². The third-order valence-corrected chi connectivity index (χ3v) is 3.92. The van der Waals surface area contributed by atoms with Crippen LogP contribution in [0.1, 0.15) is 39.1 Å². The van der Waals surface area contributed by atoms with Gasteiger partial charge in [-0.1, -0.05) is 18.2 Å². The SMILES string of the molecule is N#Cc1cccc(C(=O)OCC(=O)Nc2ccccc2C(=O)NC2CC2)c1. The fourth-order valence-corrected chi connectivity index (χ4v) is 2.40. The molecule has 0 saturated heterocycles. The largest absolute Gasteiger partial charge is 0.452 e. The van der Waals surface area contributed by atoms with Crippen molar-refractivity contribution in [3.63, 3.8) is 0 Å². The molecule has 0 bridgehead atoms. The molecule has 2 amide bonds. The van der Waals surface area contributed by atoms with Crippen LogP contribution in [0.25, 0.3) is 0 Å². The first-order chi connectivity index (χ1) is 13.1. The first-order valence-corrected chi connectivity index (χ1v) is 8.44. The van der Waals surface area contributed by atoms with E-state index in [4.69, 9.17) is 10.00 Å². The number of nitrogens with one attached hydrogen (secondary N) is 2. The average molecular weight is 363 g/mol. The van der Waals surface area contributed by atoms with Gasteiger partial charge in [-0.25, -0.2) is 4.79 Å². The Morgan fingerprint density at radius 2 is 1.89 bits per heavy atom. The van der Waals surface area contributed by atoms with E-state index in [9.17, 15) is 14.4 Å². The van der Waals surface area contributed by atoms with Crippen LogP contribution in [0.5, 0.6) is 0 Å². The molecule has 0 unspecified atom stereocenters. The van der Waals surface area contributed by atoms with Gasteiger partial charge < -0.3 is 15.4 Å². The Bertz CT molecular complexity index is 929. The number of para-hydroxylation sites is 1. The first kappa shape index (κ1) is 18.1. The number of nitriles is 1. The summed E-state index contributed by atoms with van der Waals surface area (Å²) >= 11 is 0. The van der Waals surface area contributed by atoms with Gasteiger partial charge >= 0.3 is 5.97 Å². The zero-order valence-electron chi connectivity index (χ0n) is 14.4. The molecule has 0 heterocycles. The summed E-state index contributed by atoms with van der Waals surface area (Å²) in [5, 5.41) is 14.3. The van der Waals surface area contributed by atoms with E-state index in [1.807, 2.05) is 6.07 Å². The lowest BCUT2D eigenvalue weighted by molar-refractivity contribution is -0.119. The highest BCUT2D eigenvalue weighted by atomic mass is 16.5. The molecule has 0 radical (unpaired) electrons. The molecule has 3 rings (SSSR count). The second-order valence-electron chi connectivity index (χ2n) is 6.11. The fourth-order valence-electron chi connectivity index (χ4n) is 2.40. The van der Waals surface area contributed by atoms with Crippen molar-refractivity contribution >= 4 is 23.5 Å². The highest BCUT2D eigenvalue weighted by Gasteiger charge is 2.25. The minimum Gasteiger partial charge on any atom is -0.452 e. The van der Waals surface area contributed by atoms with Crippen LogP contribution in [-0.2, 0) is 9.53 Å². The molecule has 1 aliphatic rings. The van der Waals surface area contributed by atoms with Crippen LogP contribution < -0.4 is 10.6 Å². The van der Waals surface area contributed by atoms with Gasteiger partial charge in [0, 0.05) is 6.04 Å². The molecule has 1 aliphatic carbocycles. The van der Waals surface area contributed by atoms with E-state index in [0.29, 0.717) is 16.8 Å². The van der Waals surface area contributed by atoms with Crippen molar-refractivity contribution in [2.24, 2.45) is 0 Å². The molecule has 27 heavy (non-hydrogen) atoms. The number of hydrogen-bond donors (Lipinski definition) is 2. The Morgan fingerprint density at radius 1 is 1.11 bits per heavy atom. The maximum Gasteiger partial charge on any atom is 0.338 e. The second-order valence-corrected chi connectivity index (χ2v) is 6.11. The molecule has 0 aromatic heterocycles. The summed E-state index contributed by atoms with van der Waals surface area (Å²) in [5.41, 5.74) is 1.21. The topological polar surface area (TPSA) is 108 Å². The highest BCUT2D eigenvalue weighted by Crippen LogP contribution is 2.21. The minimum absolute atomic E-state index is 0.186. The summed E-state index contributed by atoms with van der Waals surface area (Å²) < 4.78 is 4.98. The molecule has 2 aromatic rings. The Morgan fingerprint density at radius 3 is 2.63 bits per heavy atom. The number of anilines is 1. The number of amides is 2. The Balaban J connectivity index is 1.58. The van der Waals surface area contributed by atoms with E-state index in [1.54, 1.807) is 36.4 Å². The molecule has 0 aliphatic heterocycles. The third-order valence-electron chi connectivity index (χ3n) is 3.92. The van der Waals surface area contributed by atoms with Gasteiger partial charge in [0.1, 0.15) is 0 Å². The Hall–Kier alpha value is -3.66. The summed E-state index contributed by atoms with van der Waals surface area (Å²) in [6.45, 7) is -0.506. The molecule has 2 aromatic carbocycles. The van der Waals surface area contributed by atoms with Gasteiger partial charge in [-0.2, -0.15) is 5.26 Å². The highest BCUT2D eigenvalue weighted by molar-refractivity contribution is 6.04. The summed E-state index contributed by atoms with van der Waals surface area (Å²) in [6, 6.07) is 14.8. The van der Waals surface area contributed by atoms with E-state index in [0.717, 1.165) is 12.8 Å². The third kappa shape index (κ3) is 4.92. The number of hydrogen-bond acceptors (Lipinski definition) is 5. The fraction of sp³-hybridized carbons (Fsp3) is 0.200. The average Bonchev–Trinajstić information content (AvgIpc) is 3.50. The van der Waals surface area contributed by atoms with Crippen molar-refractivity contribution in [3.8, 4) is 6.07 Å². The zero-order valence-corrected chi connectivity index (χ0v) is 14.4. The molecular weight excluding hydrogens is 346 g/mol.